The number of rotatable bonds is 1. The highest BCUT2D eigenvalue weighted by atomic mass is 19.4. The number of anilines is 1. The molecule has 1 heterocycles. The fourth-order valence-electron chi connectivity index (χ4n) is 1.15. The Morgan fingerprint density at radius 3 is 2.69 bits per heavy atom. The molecular formula is C9H5F3N2O2. The number of nitrogens with one attached hydrogen (secondary N) is 1. The van der Waals surface area contributed by atoms with Gasteiger partial charge in [0.05, 0.1) is 5.39 Å². The Balaban J connectivity index is 2.32. The Morgan fingerprint density at radius 2 is 2.00 bits per heavy atom. The number of carbonyl (C=O) groups is 1. The number of halogens is 3. The van der Waals surface area contributed by atoms with Crippen molar-refractivity contribution < 1.29 is 22.5 Å². The van der Waals surface area contributed by atoms with Gasteiger partial charge in [-0.3, -0.25) is 10.1 Å². The van der Waals surface area contributed by atoms with Crippen LogP contribution >= 0.6 is 0 Å². The van der Waals surface area contributed by atoms with Gasteiger partial charge >= 0.3 is 12.1 Å². The average Bonchev–Trinajstić information content (AvgIpc) is 2.61. The lowest BCUT2D eigenvalue weighted by Crippen LogP contribution is -2.30. The molecule has 1 aromatic carbocycles. The Kier molecular flexibility index (Phi) is 2.30. The van der Waals surface area contributed by atoms with Gasteiger partial charge in [0, 0.05) is 0 Å². The Labute approximate surface area is 87.0 Å². The molecule has 2 aromatic rings. The normalized spacial score (nSPS) is 11.7. The molecule has 16 heavy (non-hydrogen) atoms. The summed E-state index contributed by atoms with van der Waals surface area (Å²) in [4.78, 5) is 10.7. The van der Waals surface area contributed by atoms with Crippen molar-refractivity contribution >= 4 is 22.7 Å². The van der Waals surface area contributed by atoms with E-state index in [0.29, 0.717) is 11.0 Å². The van der Waals surface area contributed by atoms with Crippen molar-refractivity contribution in [2.24, 2.45) is 0 Å². The summed E-state index contributed by atoms with van der Waals surface area (Å²) < 4.78 is 40.6. The first-order valence-electron chi connectivity index (χ1n) is 4.21. The highest BCUT2D eigenvalue weighted by molar-refractivity contribution is 6.01. The van der Waals surface area contributed by atoms with E-state index < -0.39 is 12.1 Å². The van der Waals surface area contributed by atoms with Gasteiger partial charge in [0.15, 0.2) is 11.4 Å². The topological polar surface area (TPSA) is 55.1 Å². The summed E-state index contributed by atoms with van der Waals surface area (Å²) in [7, 11) is 0. The van der Waals surface area contributed by atoms with Crippen molar-refractivity contribution in [3.05, 3.63) is 24.3 Å². The van der Waals surface area contributed by atoms with Crippen LogP contribution < -0.4 is 5.32 Å². The maximum absolute atomic E-state index is 12.0. The molecule has 0 radical (unpaired) electrons. The number of benzene rings is 1. The van der Waals surface area contributed by atoms with E-state index in [0.717, 1.165) is 0 Å². The van der Waals surface area contributed by atoms with Gasteiger partial charge in [-0.2, -0.15) is 13.2 Å². The maximum Gasteiger partial charge on any atom is 0.471 e. The molecule has 0 spiro atoms. The molecule has 0 aliphatic heterocycles. The van der Waals surface area contributed by atoms with Crippen LogP contribution in [0, 0.1) is 0 Å². The predicted molar refractivity (Wildman–Crippen MR) is 48.7 cm³/mol. The summed E-state index contributed by atoms with van der Waals surface area (Å²) in [6, 6.07) is 6.27. The van der Waals surface area contributed by atoms with Crippen molar-refractivity contribution in [3.63, 3.8) is 0 Å². The summed E-state index contributed by atoms with van der Waals surface area (Å²) in [5, 5.41) is 5.30. The van der Waals surface area contributed by atoms with Crippen LogP contribution in [0.3, 0.4) is 0 Å². The Morgan fingerprint density at radius 1 is 1.31 bits per heavy atom. The number of carbonyl (C=O) groups excluding carboxylic acids is 1. The largest absolute Gasteiger partial charge is 0.471 e. The van der Waals surface area contributed by atoms with Crippen molar-refractivity contribution in [3.8, 4) is 0 Å². The van der Waals surface area contributed by atoms with Crippen molar-refractivity contribution in [2.75, 3.05) is 5.32 Å². The van der Waals surface area contributed by atoms with E-state index in [1.807, 2.05) is 0 Å². The molecule has 1 N–H and O–H groups in total. The van der Waals surface area contributed by atoms with Gasteiger partial charge in [0.1, 0.15) is 0 Å². The average molecular weight is 230 g/mol. The van der Waals surface area contributed by atoms with Crippen molar-refractivity contribution in [1.29, 1.82) is 0 Å². The SMILES string of the molecule is O=C(Nc1noc2ccccc12)C(F)(F)F. The zero-order valence-electron chi connectivity index (χ0n) is 7.71. The minimum atomic E-state index is -4.94. The highest BCUT2D eigenvalue weighted by Gasteiger charge is 2.39. The quantitative estimate of drug-likeness (QED) is 0.817. The maximum atomic E-state index is 12.0. The molecule has 7 heteroatoms. The summed E-state index contributed by atoms with van der Waals surface area (Å²) in [6.45, 7) is 0. The second kappa shape index (κ2) is 3.51. The minimum absolute atomic E-state index is 0.238. The van der Waals surface area contributed by atoms with Crippen LogP contribution in [0.25, 0.3) is 11.0 Å². The fourth-order valence-corrected chi connectivity index (χ4v) is 1.15. The zero-order valence-corrected chi connectivity index (χ0v) is 7.71. The van der Waals surface area contributed by atoms with Gasteiger partial charge in [-0.1, -0.05) is 17.3 Å². The number of fused-ring (bicyclic) bond motifs is 1. The van der Waals surface area contributed by atoms with Crippen LogP contribution in [0.2, 0.25) is 0 Å². The molecule has 0 saturated carbocycles. The van der Waals surface area contributed by atoms with E-state index in [1.54, 1.807) is 17.4 Å². The molecular weight excluding hydrogens is 225 g/mol. The lowest BCUT2D eigenvalue weighted by Gasteiger charge is -2.04. The Bertz CT molecular complexity index is 533. The molecule has 0 fully saturated rings. The van der Waals surface area contributed by atoms with E-state index in [2.05, 4.69) is 5.16 Å². The monoisotopic (exact) mass is 230 g/mol. The number of para-hydroxylation sites is 1. The molecule has 4 nitrogen and oxygen atoms in total. The molecule has 84 valence electrons. The molecule has 2 rings (SSSR count). The van der Waals surface area contributed by atoms with Gasteiger partial charge < -0.3 is 4.52 Å². The van der Waals surface area contributed by atoms with Gasteiger partial charge in [0.25, 0.3) is 0 Å². The van der Waals surface area contributed by atoms with Gasteiger partial charge in [0.2, 0.25) is 0 Å². The van der Waals surface area contributed by atoms with E-state index in [4.69, 9.17) is 4.52 Å². The molecule has 0 aliphatic rings. The van der Waals surface area contributed by atoms with Crippen LogP contribution in [-0.4, -0.2) is 17.2 Å². The molecule has 0 aliphatic carbocycles. The number of amides is 1. The van der Waals surface area contributed by atoms with Crippen LogP contribution in [0.5, 0.6) is 0 Å². The Hall–Kier alpha value is -2.05. The fraction of sp³-hybridized carbons (Fsp3) is 0.111. The molecule has 1 aromatic heterocycles. The second-order valence-corrected chi connectivity index (χ2v) is 2.98. The van der Waals surface area contributed by atoms with Crippen LogP contribution in [0.1, 0.15) is 0 Å². The zero-order chi connectivity index (χ0) is 11.8. The lowest BCUT2D eigenvalue weighted by atomic mass is 10.2. The summed E-state index contributed by atoms with van der Waals surface area (Å²) in [6.07, 6.45) is -4.94. The predicted octanol–water partition coefficient (Wildman–Crippen LogP) is 2.33. The van der Waals surface area contributed by atoms with Crippen LogP contribution in [0.4, 0.5) is 19.0 Å². The van der Waals surface area contributed by atoms with E-state index in [1.165, 1.54) is 12.1 Å². The van der Waals surface area contributed by atoms with Crippen LogP contribution in [0.15, 0.2) is 28.8 Å². The molecule has 0 saturated heterocycles. The molecule has 1 amide bonds. The molecule has 0 unspecified atom stereocenters. The standard InChI is InChI=1S/C9H5F3N2O2/c10-9(11,12)8(15)13-7-5-3-1-2-4-6(5)16-14-7/h1-4H,(H,13,14,15). The van der Waals surface area contributed by atoms with Gasteiger partial charge in [-0.25, -0.2) is 0 Å². The highest BCUT2D eigenvalue weighted by Crippen LogP contribution is 2.24. The van der Waals surface area contributed by atoms with Crippen molar-refractivity contribution in [2.45, 2.75) is 6.18 Å². The lowest BCUT2D eigenvalue weighted by molar-refractivity contribution is -0.167. The molecule has 0 bridgehead atoms. The molecule has 0 atom stereocenters. The minimum Gasteiger partial charge on any atom is -0.354 e. The summed E-state index contributed by atoms with van der Waals surface area (Å²) >= 11 is 0. The smallest absolute Gasteiger partial charge is 0.354 e. The third kappa shape index (κ3) is 1.83. The third-order valence-corrected chi connectivity index (χ3v) is 1.87. The van der Waals surface area contributed by atoms with E-state index in [9.17, 15) is 18.0 Å². The van der Waals surface area contributed by atoms with Crippen molar-refractivity contribution in [1.82, 2.24) is 5.16 Å². The first kappa shape index (κ1) is 10.5. The van der Waals surface area contributed by atoms with Gasteiger partial charge in [-0.05, 0) is 12.1 Å². The number of alkyl halides is 3. The number of nitrogens with zero attached hydrogens (tertiary/aromatic N) is 1. The van der Waals surface area contributed by atoms with Crippen LogP contribution in [-0.2, 0) is 4.79 Å². The van der Waals surface area contributed by atoms with E-state index >= 15 is 0 Å². The van der Waals surface area contributed by atoms with Gasteiger partial charge in [-0.15, -0.1) is 0 Å². The number of hydrogen-bond donors (Lipinski definition) is 1. The number of hydrogen-bond acceptors (Lipinski definition) is 3. The van der Waals surface area contributed by atoms with E-state index in [-0.39, 0.29) is 5.82 Å². The summed E-state index contributed by atoms with van der Waals surface area (Å²) in [5.41, 5.74) is 0.306. The first-order chi connectivity index (χ1) is 7.48. The third-order valence-electron chi connectivity index (χ3n) is 1.87. The first-order valence-corrected chi connectivity index (χ1v) is 4.21. The summed E-state index contributed by atoms with van der Waals surface area (Å²) in [5.74, 6) is -2.32. The second-order valence-electron chi connectivity index (χ2n) is 2.98. The number of aromatic nitrogens is 1.